The number of rotatable bonds is 11. The molecule has 9 nitrogen and oxygen atoms in total. The minimum Gasteiger partial charge on any atom is -0.488 e. The molecule has 0 amide bonds. The Kier molecular flexibility index (Phi) is 10.7. The molecule has 8 aliphatic rings. The van der Waals surface area contributed by atoms with Crippen molar-refractivity contribution >= 4 is 17.7 Å². The fourth-order valence-corrected chi connectivity index (χ4v) is 17.2. The number of Topliss-reactive ketones (excluding diaryl/α,β-unsaturated/α-hetero) is 1. The zero-order valence-electron chi connectivity index (χ0n) is 39.6. The van der Waals surface area contributed by atoms with Crippen LogP contribution in [0.2, 0.25) is 0 Å². The second-order valence-electron chi connectivity index (χ2n) is 24.0. The van der Waals surface area contributed by atoms with Crippen LogP contribution in [0.5, 0.6) is 5.75 Å². The van der Waals surface area contributed by atoms with Gasteiger partial charge in [-0.2, -0.15) is 0 Å². The maximum Gasteiger partial charge on any atom is 0.309 e. The fourth-order valence-electron chi connectivity index (χ4n) is 17.2. The SMILES string of the molecule is Cc1ccc(CNC[C@H](O)[C@@]23CC[C@]4(C)[C@H](CC[C@@H]5[C@@]6(C)CC[C@H](OC(=O)[C@H]7C[C@@H](C(=O)O)C7(C)C)[C@@]7(C)C(C)C[C@@]67CC[C@]54C)C2=C(C(C)C)C(=O)C3)c(O[C@H]2CCOC2)c1. The van der Waals surface area contributed by atoms with Crippen molar-refractivity contribution in [1.82, 2.24) is 5.32 Å². The molecule has 342 valence electrons. The van der Waals surface area contributed by atoms with Crippen LogP contribution in [-0.2, 0) is 30.4 Å². The molecule has 1 aromatic rings. The van der Waals surface area contributed by atoms with E-state index in [4.69, 9.17) is 14.2 Å². The van der Waals surface area contributed by atoms with Gasteiger partial charge in [-0.3, -0.25) is 14.4 Å². The van der Waals surface area contributed by atoms with Crippen LogP contribution in [0.4, 0.5) is 0 Å². The highest BCUT2D eigenvalue weighted by Gasteiger charge is 2.79. The number of benzene rings is 1. The summed E-state index contributed by atoms with van der Waals surface area (Å²) in [6, 6.07) is 6.34. The first-order chi connectivity index (χ1) is 29.1. The number of aryl methyl sites for hydroxylation is 1. The van der Waals surface area contributed by atoms with Gasteiger partial charge in [-0.15, -0.1) is 0 Å². The number of fused-ring (bicyclic) bond motifs is 6. The average Bonchev–Trinajstić information content (AvgIpc) is 3.83. The Bertz CT molecular complexity index is 2040. The third kappa shape index (κ3) is 5.90. The molecule has 1 aliphatic heterocycles. The summed E-state index contributed by atoms with van der Waals surface area (Å²) in [5, 5.41) is 25.9. The summed E-state index contributed by atoms with van der Waals surface area (Å²) in [4.78, 5) is 40.2. The molecule has 0 bridgehead atoms. The van der Waals surface area contributed by atoms with Gasteiger partial charge in [0.1, 0.15) is 18.0 Å². The van der Waals surface area contributed by atoms with Crippen molar-refractivity contribution in [2.75, 3.05) is 19.8 Å². The Morgan fingerprint density at radius 1 is 0.935 bits per heavy atom. The zero-order chi connectivity index (χ0) is 44.6. The molecule has 7 aliphatic carbocycles. The number of ether oxygens (including phenoxy) is 3. The Hall–Kier alpha value is -2.75. The number of carbonyl (C=O) groups is 3. The molecule has 1 unspecified atom stereocenters. The summed E-state index contributed by atoms with van der Waals surface area (Å²) in [7, 11) is 0. The molecule has 0 radical (unpaired) electrons. The molecule has 1 spiro atoms. The number of carboxylic acid groups (broad SMARTS) is 1. The third-order valence-electron chi connectivity index (χ3n) is 21.2. The minimum absolute atomic E-state index is 0.0268. The quantitative estimate of drug-likeness (QED) is 0.186. The molecule has 1 heterocycles. The van der Waals surface area contributed by atoms with Gasteiger partial charge in [0, 0.05) is 42.3 Å². The first-order valence-corrected chi connectivity index (χ1v) is 24.5. The third-order valence-corrected chi connectivity index (χ3v) is 21.2. The Labute approximate surface area is 371 Å². The van der Waals surface area contributed by atoms with E-state index in [1.165, 1.54) is 5.57 Å². The first kappa shape index (κ1) is 44.5. The largest absolute Gasteiger partial charge is 0.488 e. The van der Waals surface area contributed by atoms with Gasteiger partial charge in [0.2, 0.25) is 0 Å². The molecule has 1 aromatic carbocycles. The number of aliphatic hydroxyl groups excluding tert-OH is 1. The summed E-state index contributed by atoms with van der Waals surface area (Å²) in [5.74, 6) is 0.468. The van der Waals surface area contributed by atoms with E-state index in [1.54, 1.807) is 0 Å². The Balaban J connectivity index is 0.961. The van der Waals surface area contributed by atoms with Crippen molar-refractivity contribution in [2.45, 2.75) is 171 Å². The summed E-state index contributed by atoms with van der Waals surface area (Å²) in [5.41, 5.74) is 3.36. The number of hydrogen-bond acceptors (Lipinski definition) is 8. The van der Waals surface area contributed by atoms with Crippen LogP contribution < -0.4 is 10.1 Å². The monoisotopic (exact) mass is 856 g/mol. The predicted molar refractivity (Wildman–Crippen MR) is 238 cm³/mol. The number of aliphatic hydroxyl groups is 1. The van der Waals surface area contributed by atoms with E-state index in [0.717, 1.165) is 93.3 Å². The van der Waals surface area contributed by atoms with Crippen LogP contribution in [0.25, 0.3) is 0 Å². The van der Waals surface area contributed by atoms with Gasteiger partial charge in [0.05, 0.1) is 31.2 Å². The van der Waals surface area contributed by atoms with Crippen LogP contribution in [0.1, 0.15) is 150 Å². The predicted octanol–water partition coefficient (Wildman–Crippen LogP) is 9.64. The second-order valence-corrected chi connectivity index (χ2v) is 24.0. The van der Waals surface area contributed by atoms with Gasteiger partial charge in [-0.05, 0) is 139 Å². The smallest absolute Gasteiger partial charge is 0.309 e. The van der Waals surface area contributed by atoms with Crippen LogP contribution in [0.3, 0.4) is 0 Å². The van der Waals surface area contributed by atoms with Crippen molar-refractivity contribution in [3.63, 3.8) is 0 Å². The molecular weight excluding hydrogens is 779 g/mol. The standard InChI is InChI=1S/C53H77NO8/c1-30(2)43-38(55)26-52(41(56)28-54-27-33-12-11-31(3)23-39(33)61-34-16-22-60-29-34)20-18-48(7)35(44(43)52)13-14-40-49(48,8)19-21-53-25-32(4)51(53,10)42(15-17-50(40,53)9)62-46(59)37-24-36(45(57)58)47(37,5)6/h11-12,23,30,32,34-37,40-42,54,56H,13-22,24-29H2,1-10H3,(H,57,58)/t32?,34-,35+,36-,37+,40-,41-,42-,48+,49+,50+,51+,52-,53-/m0/s1. The van der Waals surface area contributed by atoms with Crippen molar-refractivity contribution in [3.8, 4) is 5.75 Å². The molecular formula is C53H77NO8. The lowest BCUT2D eigenvalue weighted by atomic mass is 9.23. The van der Waals surface area contributed by atoms with Crippen molar-refractivity contribution in [3.05, 3.63) is 40.5 Å². The normalized spacial score (nSPS) is 44.5. The van der Waals surface area contributed by atoms with Crippen molar-refractivity contribution in [2.24, 2.45) is 73.4 Å². The lowest BCUT2D eigenvalue weighted by Crippen LogP contribution is -2.76. The van der Waals surface area contributed by atoms with Gasteiger partial charge in [0.25, 0.3) is 0 Å². The molecule has 0 aromatic heterocycles. The van der Waals surface area contributed by atoms with Gasteiger partial charge in [-0.25, -0.2) is 0 Å². The van der Waals surface area contributed by atoms with Crippen LogP contribution >= 0.6 is 0 Å². The number of allylic oxidation sites excluding steroid dienone is 1. The maximum atomic E-state index is 14.3. The lowest BCUT2D eigenvalue weighted by Gasteiger charge is -2.81. The fraction of sp³-hybridized carbons (Fsp3) is 0.792. The van der Waals surface area contributed by atoms with Crippen LogP contribution in [0.15, 0.2) is 29.3 Å². The van der Waals surface area contributed by atoms with Gasteiger partial charge in [-0.1, -0.05) is 80.0 Å². The molecule has 7 fully saturated rings. The number of ketones is 1. The Morgan fingerprint density at radius 2 is 1.68 bits per heavy atom. The van der Waals surface area contributed by atoms with Crippen LogP contribution in [-0.4, -0.2) is 66.0 Å². The van der Waals surface area contributed by atoms with E-state index in [9.17, 15) is 24.6 Å². The number of aliphatic carboxylic acids is 1. The van der Waals surface area contributed by atoms with Gasteiger partial charge < -0.3 is 29.7 Å². The van der Waals surface area contributed by atoms with E-state index in [-0.39, 0.29) is 68.8 Å². The number of hydrogen-bond donors (Lipinski definition) is 3. The molecule has 62 heavy (non-hydrogen) atoms. The summed E-state index contributed by atoms with van der Waals surface area (Å²) >= 11 is 0. The summed E-state index contributed by atoms with van der Waals surface area (Å²) in [6.07, 6.45) is 10.0. The number of carboxylic acids is 1. The molecule has 6 saturated carbocycles. The second kappa shape index (κ2) is 14.9. The molecule has 9 rings (SSSR count). The molecule has 3 N–H and O–H groups in total. The average molecular weight is 856 g/mol. The topological polar surface area (TPSA) is 131 Å². The minimum atomic E-state index is -0.822. The highest BCUT2D eigenvalue weighted by atomic mass is 16.6. The van der Waals surface area contributed by atoms with Crippen molar-refractivity contribution in [1.29, 1.82) is 0 Å². The van der Waals surface area contributed by atoms with Gasteiger partial charge >= 0.3 is 11.9 Å². The summed E-state index contributed by atoms with van der Waals surface area (Å²) in [6.45, 7) is 25.2. The molecule has 14 atom stereocenters. The lowest BCUT2D eigenvalue weighted by molar-refractivity contribution is -0.341. The first-order valence-electron chi connectivity index (χ1n) is 24.5. The molecule has 1 saturated heterocycles. The zero-order valence-corrected chi connectivity index (χ0v) is 39.6. The number of esters is 1. The van der Waals surface area contributed by atoms with Crippen LogP contribution in [0, 0.1) is 80.3 Å². The summed E-state index contributed by atoms with van der Waals surface area (Å²) < 4.78 is 18.6. The van der Waals surface area contributed by atoms with Crippen molar-refractivity contribution < 1.29 is 38.8 Å². The van der Waals surface area contributed by atoms with E-state index in [1.807, 2.05) is 13.8 Å². The number of carbonyl (C=O) groups excluding carboxylic acids is 2. The highest BCUT2D eigenvalue weighted by molar-refractivity contribution is 6.00. The molecule has 9 heteroatoms. The Morgan fingerprint density at radius 3 is 2.34 bits per heavy atom. The highest BCUT2D eigenvalue weighted by Crippen LogP contribution is 2.85. The van der Waals surface area contributed by atoms with E-state index < -0.39 is 28.8 Å². The van der Waals surface area contributed by atoms with Gasteiger partial charge in [0.15, 0.2) is 5.78 Å². The van der Waals surface area contributed by atoms with E-state index >= 15 is 0 Å². The maximum absolute atomic E-state index is 14.3. The van der Waals surface area contributed by atoms with E-state index in [2.05, 4.69) is 78.9 Å². The number of nitrogens with one attached hydrogen (secondary N) is 1. The van der Waals surface area contributed by atoms with E-state index in [0.29, 0.717) is 44.4 Å².